The standard InChI is InChI=1S/C11H10BrFN2O/c12-9-2-1-8(11(13)3-9)4-15-5-10(6-16)14-7-15/h1-3,5,7,16H,4,6H2. The topological polar surface area (TPSA) is 38.0 Å². The summed E-state index contributed by atoms with van der Waals surface area (Å²) in [6, 6.07) is 4.94. The van der Waals surface area contributed by atoms with Crippen LogP contribution in [0.25, 0.3) is 0 Å². The average molecular weight is 285 g/mol. The molecule has 0 aliphatic rings. The molecular weight excluding hydrogens is 275 g/mol. The molecule has 0 bridgehead atoms. The summed E-state index contributed by atoms with van der Waals surface area (Å²) >= 11 is 3.20. The van der Waals surface area contributed by atoms with Crippen molar-refractivity contribution in [3.8, 4) is 0 Å². The molecule has 0 amide bonds. The maximum absolute atomic E-state index is 13.5. The summed E-state index contributed by atoms with van der Waals surface area (Å²) in [5.74, 6) is -0.256. The Balaban J connectivity index is 2.20. The van der Waals surface area contributed by atoms with E-state index in [-0.39, 0.29) is 12.4 Å². The first-order valence-electron chi connectivity index (χ1n) is 4.74. The van der Waals surface area contributed by atoms with Crippen molar-refractivity contribution in [2.45, 2.75) is 13.2 Å². The minimum absolute atomic E-state index is 0.101. The highest BCUT2D eigenvalue weighted by Gasteiger charge is 2.04. The van der Waals surface area contributed by atoms with Gasteiger partial charge in [0, 0.05) is 16.2 Å². The number of hydrogen-bond donors (Lipinski definition) is 1. The number of hydrogen-bond acceptors (Lipinski definition) is 2. The fourth-order valence-electron chi connectivity index (χ4n) is 1.42. The zero-order valence-electron chi connectivity index (χ0n) is 8.40. The number of aromatic nitrogens is 2. The fraction of sp³-hybridized carbons (Fsp3) is 0.182. The van der Waals surface area contributed by atoms with E-state index in [4.69, 9.17) is 5.11 Å². The van der Waals surface area contributed by atoms with Crippen molar-refractivity contribution >= 4 is 15.9 Å². The predicted molar refractivity (Wildman–Crippen MR) is 61.4 cm³/mol. The second-order valence-corrected chi connectivity index (χ2v) is 4.35. The quantitative estimate of drug-likeness (QED) is 0.940. The molecule has 0 radical (unpaired) electrons. The van der Waals surface area contributed by atoms with Gasteiger partial charge in [-0.15, -0.1) is 0 Å². The largest absolute Gasteiger partial charge is 0.390 e. The number of halogens is 2. The predicted octanol–water partition coefficient (Wildman–Crippen LogP) is 2.33. The molecule has 16 heavy (non-hydrogen) atoms. The second kappa shape index (κ2) is 4.76. The SMILES string of the molecule is OCc1cn(Cc2ccc(Br)cc2F)cn1. The Morgan fingerprint density at radius 2 is 2.25 bits per heavy atom. The lowest BCUT2D eigenvalue weighted by Crippen LogP contribution is -1.99. The van der Waals surface area contributed by atoms with Crippen molar-refractivity contribution in [3.05, 3.63) is 52.3 Å². The highest BCUT2D eigenvalue weighted by atomic mass is 79.9. The third-order valence-corrected chi connectivity index (χ3v) is 2.71. The summed E-state index contributed by atoms with van der Waals surface area (Å²) in [7, 11) is 0. The molecule has 5 heteroatoms. The average Bonchev–Trinajstić information content (AvgIpc) is 2.70. The maximum atomic E-state index is 13.5. The summed E-state index contributed by atoms with van der Waals surface area (Å²) < 4.78 is 16.0. The zero-order chi connectivity index (χ0) is 11.5. The van der Waals surface area contributed by atoms with Crippen LogP contribution in [0.1, 0.15) is 11.3 Å². The molecule has 0 unspecified atom stereocenters. The molecular formula is C11H10BrFN2O. The van der Waals surface area contributed by atoms with Crippen molar-refractivity contribution in [3.63, 3.8) is 0 Å². The summed E-state index contributed by atoms with van der Waals surface area (Å²) in [6.45, 7) is 0.307. The van der Waals surface area contributed by atoms with Gasteiger partial charge in [-0.1, -0.05) is 22.0 Å². The van der Waals surface area contributed by atoms with E-state index in [1.807, 2.05) is 0 Å². The molecule has 0 spiro atoms. The summed E-state index contributed by atoms with van der Waals surface area (Å²) in [6.07, 6.45) is 3.27. The maximum Gasteiger partial charge on any atom is 0.129 e. The molecule has 1 N–H and O–H groups in total. The molecule has 0 saturated heterocycles. The number of aliphatic hydroxyl groups excluding tert-OH is 1. The van der Waals surface area contributed by atoms with E-state index in [9.17, 15) is 4.39 Å². The lowest BCUT2D eigenvalue weighted by Gasteiger charge is -2.04. The summed E-state index contributed by atoms with van der Waals surface area (Å²) in [5, 5.41) is 8.85. The van der Waals surface area contributed by atoms with E-state index in [1.165, 1.54) is 6.07 Å². The number of nitrogens with zero attached hydrogens (tertiary/aromatic N) is 2. The Morgan fingerprint density at radius 3 is 2.88 bits per heavy atom. The van der Waals surface area contributed by atoms with Gasteiger partial charge >= 0.3 is 0 Å². The number of imidazole rings is 1. The molecule has 84 valence electrons. The van der Waals surface area contributed by atoms with Crippen LogP contribution >= 0.6 is 15.9 Å². The number of rotatable bonds is 3. The Kier molecular flexibility index (Phi) is 3.36. The van der Waals surface area contributed by atoms with Crippen LogP contribution in [-0.4, -0.2) is 14.7 Å². The third kappa shape index (κ3) is 2.48. The smallest absolute Gasteiger partial charge is 0.129 e. The van der Waals surface area contributed by atoms with Gasteiger partial charge in [-0.3, -0.25) is 0 Å². The van der Waals surface area contributed by atoms with E-state index in [2.05, 4.69) is 20.9 Å². The summed E-state index contributed by atoms with van der Waals surface area (Å²) in [4.78, 5) is 3.96. The van der Waals surface area contributed by atoms with Crippen LogP contribution < -0.4 is 0 Å². The van der Waals surface area contributed by atoms with Gasteiger partial charge in [-0.05, 0) is 12.1 Å². The highest BCUT2D eigenvalue weighted by Crippen LogP contribution is 2.16. The van der Waals surface area contributed by atoms with Gasteiger partial charge in [0.1, 0.15) is 5.82 Å². The minimum Gasteiger partial charge on any atom is -0.390 e. The minimum atomic E-state index is -0.256. The molecule has 1 aromatic heterocycles. The lowest BCUT2D eigenvalue weighted by atomic mass is 10.2. The Bertz CT molecular complexity index is 498. The normalized spacial score (nSPS) is 10.7. The van der Waals surface area contributed by atoms with Crippen LogP contribution in [0.4, 0.5) is 4.39 Å². The Morgan fingerprint density at radius 1 is 1.44 bits per heavy atom. The van der Waals surface area contributed by atoms with E-state index in [1.54, 1.807) is 29.2 Å². The molecule has 0 aliphatic heterocycles. The molecule has 0 saturated carbocycles. The van der Waals surface area contributed by atoms with Crippen molar-refractivity contribution in [2.75, 3.05) is 0 Å². The second-order valence-electron chi connectivity index (χ2n) is 3.43. The molecule has 2 rings (SSSR count). The highest BCUT2D eigenvalue weighted by molar-refractivity contribution is 9.10. The van der Waals surface area contributed by atoms with Gasteiger partial charge in [0.05, 0.1) is 25.2 Å². The number of benzene rings is 1. The van der Waals surface area contributed by atoms with Gasteiger partial charge in [0.2, 0.25) is 0 Å². The Labute approximate surface area is 101 Å². The molecule has 1 heterocycles. The molecule has 1 aromatic carbocycles. The van der Waals surface area contributed by atoms with Crippen LogP contribution in [0.2, 0.25) is 0 Å². The van der Waals surface area contributed by atoms with Crippen LogP contribution in [0, 0.1) is 5.82 Å². The zero-order valence-corrected chi connectivity index (χ0v) is 9.98. The van der Waals surface area contributed by atoms with Crippen LogP contribution in [-0.2, 0) is 13.2 Å². The van der Waals surface area contributed by atoms with Gasteiger partial charge < -0.3 is 9.67 Å². The lowest BCUT2D eigenvalue weighted by molar-refractivity contribution is 0.277. The van der Waals surface area contributed by atoms with Crippen molar-refractivity contribution < 1.29 is 9.50 Å². The third-order valence-electron chi connectivity index (χ3n) is 2.22. The molecule has 0 aliphatic carbocycles. The number of aliphatic hydroxyl groups is 1. The molecule has 0 fully saturated rings. The molecule has 2 aromatic rings. The van der Waals surface area contributed by atoms with Gasteiger partial charge in [-0.25, -0.2) is 9.37 Å². The first-order chi connectivity index (χ1) is 7.69. The van der Waals surface area contributed by atoms with Gasteiger partial charge in [0.15, 0.2) is 0 Å². The van der Waals surface area contributed by atoms with Crippen molar-refractivity contribution in [1.82, 2.24) is 9.55 Å². The first-order valence-corrected chi connectivity index (χ1v) is 5.54. The van der Waals surface area contributed by atoms with Crippen LogP contribution in [0.3, 0.4) is 0 Å². The van der Waals surface area contributed by atoms with E-state index >= 15 is 0 Å². The van der Waals surface area contributed by atoms with Crippen molar-refractivity contribution in [1.29, 1.82) is 0 Å². The van der Waals surface area contributed by atoms with E-state index < -0.39 is 0 Å². The van der Waals surface area contributed by atoms with Crippen molar-refractivity contribution in [2.24, 2.45) is 0 Å². The van der Waals surface area contributed by atoms with E-state index in [0.29, 0.717) is 17.8 Å². The van der Waals surface area contributed by atoms with Gasteiger partial charge in [-0.2, -0.15) is 0 Å². The van der Waals surface area contributed by atoms with E-state index in [0.717, 1.165) is 4.47 Å². The monoisotopic (exact) mass is 284 g/mol. The molecule has 3 nitrogen and oxygen atoms in total. The molecule has 0 atom stereocenters. The van der Waals surface area contributed by atoms with Crippen LogP contribution in [0.15, 0.2) is 35.2 Å². The fourth-order valence-corrected chi connectivity index (χ4v) is 1.75. The first kappa shape index (κ1) is 11.3. The summed E-state index contributed by atoms with van der Waals surface area (Å²) in [5.41, 5.74) is 1.17. The van der Waals surface area contributed by atoms with Crippen LogP contribution in [0.5, 0.6) is 0 Å². The van der Waals surface area contributed by atoms with Gasteiger partial charge in [0.25, 0.3) is 0 Å². The Hall–Kier alpha value is -1.20.